The van der Waals surface area contributed by atoms with E-state index in [2.05, 4.69) is 33.1 Å². The number of nitrogens with zero attached hydrogens (tertiary/aromatic N) is 1. The normalized spacial score (nSPS) is 35.4. The van der Waals surface area contributed by atoms with Gasteiger partial charge in [0, 0.05) is 69.8 Å². The number of halogens is 1. The molecule has 4 aliphatic rings. The van der Waals surface area contributed by atoms with Crippen molar-refractivity contribution in [3.8, 4) is 0 Å². The largest absolute Gasteiger partial charge is 0.481 e. The van der Waals surface area contributed by atoms with E-state index < -0.39 is 115 Å². The molecule has 71 heavy (non-hydrogen) atoms. The molecule has 1 saturated carbocycles. The van der Waals surface area contributed by atoms with Gasteiger partial charge in [0.05, 0.1) is 24.4 Å². The summed E-state index contributed by atoms with van der Waals surface area (Å²) in [7, 11) is 4.58. The number of aliphatic carboxylic acids is 1. The number of amides is 3. The molecule has 15 atom stereocenters. The number of methoxy groups -OCH3 is 3. The highest BCUT2D eigenvalue weighted by atomic mass is 79.9. The third-order valence-electron chi connectivity index (χ3n) is 14.7. The van der Waals surface area contributed by atoms with E-state index in [1.807, 2.05) is 39.8 Å². The lowest BCUT2D eigenvalue weighted by Gasteiger charge is -2.48. The fourth-order valence-corrected chi connectivity index (χ4v) is 11.3. The number of nitrogens with one attached hydrogen (secondary N) is 2. The highest BCUT2D eigenvalue weighted by Crippen LogP contribution is 2.42. The molecule has 4 rings (SSSR count). The molecule has 1 aliphatic carbocycles. The highest BCUT2D eigenvalue weighted by Gasteiger charge is 2.61. The Bertz CT molecular complexity index is 1950. The number of alkyl halides is 1. The van der Waals surface area contributed by atoms with E-state index in [4.69, 9.17) is 28.4 Å². The number of piperidine rings is 1. The number of aliphatic hydroxyl groups excluding tert-OH is 1. The number of carboxylic acids is 1. The van der Waals surface area contributed by atoms with Crippen LogP contribution in [0.4, 0.5) is 4.79 Å². The van der Waals surface area contributed by atoms with Crippen LogP contribution in [0.15, 0.2) is 36.0 Å². The number of Topliss-reactive ketones (excluding diaryl/α,β-unsaturated/α-hetero) is 2. The van der Waals surface area contributed by atoms with Gasteiger partial charge in [-0.15, -0.1) is 6.58 Å². The first-order valence-corrected chi connectivity index (χ1v) is 26.2. The number of carbonyl (C=O) groups excluding carboxylic acids is 6. The number of ether oxygens (including phenoxy) is 6. The van der Waals surface area contributed by atoms with E-state index in [1.165, 1.54) is 20.3 Å². The molecular formula is C52H80BrN3O15. The van der Waals surface area contributed by atoms with Crippen LogP contribution in [0.25, 0.3) is 0 Å². The molecule has 3 aliphatic heterocycles. The number of rotatable bonds is 14. The lowest BCUT2D eigenvalue weighted by Crippen LogP contribution is -2.66. The number of cyclic esters (lactones) is 1. The first kappa shape index (κ1) is 59.6. The van der Waals surface area contributed by atoms with Crippen LogP contribution in [0.3, 0.4) is 0 Å². The Kier molecular flexibility index (Phi) is 23.4. The zero-order valence-corrected chi connectivity index (χ0v) is 44.7. The van der Waals surface area contributed by atoms with E-state index in [-0.39, 0.29) is 60.9 Å². The van der Waals surface area contributed by atoms with Crippen molar-refractivity contribution in [3.05, 3.63) is 36.0 Å². The second-order valence-electron chi connectivity index (χ2n) is 20.1. The van der Waals surface area contributed by atoms with Crippen molar-refractivity contribution >= 4 is 57.3 Å². The molecule has 0 unspecified atom stereocenters. The van der Waals surface area contributed by atoms with Gasteiger partial charge in [-0.3, -0.25) is 19.2 Å². The summed E-state index contributed by atoms with van der Waals surface area (Å²) in [5, 5.41) is 26.4. The Morgan fingerprint density at radius 3 is 2.30 bits per heavy atom. The van der Waals surface area contributed by atoms with Crippen molar-refractivity contribution in [2.75, 3.05) is 34.4 Å². The average molecular weight is 1070 g/mol. The first-order valence-electron chi connectivity index (χ1n) is 25.3. The van der Waals surface area contributed by atoms with Gasteiger partial charge in [-0.25, -0.2) is 14.4 Å². The number of aliphatic hydroxyl groups is 1. The number of esters is 2. The molecule has 400 valence electrons. The minimum atomic E-state index is -2.70. The van der Waals surface area contributed by atoms with E-state index in [0.717, 1.165) is 23.3 Å². The maximum Gasteiger partial charge on any atom is 0.331 e. The number of ketones is 2. The first-order chi connectivity index (χ1) is 33.6. The van der Waals surface area contributed by atoms with Gasteiger partial charge in [-0.2, -0.15) is 0 Å². The summed E-state index contributed by atoms with van der Waals surface area (Å²) >= 11 is 3.72. The third kappa shape index (κ3) is 15.7. The number of fused-ring (bicyclic) bond motifs is 3. The topological polar surface area (TPSA) is 243 Å². The molecule has 0 aromatic rings. The van der Waals surface area contributed by atoms with Gasteiger partial charge in [0.15, 0.2) is 0 Å². The number of carboxylic acid groups (broad SMARTS) is 1. The van der Waals surface area contributed by atoms with E-state index in [1.54, 1.807) is 21.0 Å². The maximum absolute atomic E-state index is 15.4. The summed E-state index contributed by atoms with van der Waals surface area (Å²) in [6.45, 7) is 14.4. The van der Waals surface area contributed by atoms with Crippen LogP contribution in [0.1, 0.15) is 125 Å². The molecule has 3 amide bonds. The molecular weight excluding hydrogens is 986 g/mol. The molecule has 2 saturated heterocycles. The molecule has 0 radical (unpaired) electrons. The maximum atomic E-state index is 15.4. The summed E-state index contributed by atoms with van der Waals surface area (Å²) < 4.78 is 37.0. The SMILES string of the molecule is C=CCNC(=O)N[C@@H](CCC(=O)O)C(=O)O[C@]12O[C@H]([C@@H](OC)C[C@@H](C)C/C(C)=C/[C@@H](CC)C(=O)C[C@H](O)[C@@H](C)[C@@H](/C(C)=C/[C@@H]3CC[C@@H](Br)[C@H](OC)C3)OC(=O)[C@@H]3CCCCN3C(=O)C1=O)[C@@H](OC)C[C@H]2C. The van der Waals surface area contributed by atoms with Crippen LogP contribution in [-0.2, 0) is 57.2 Å². The second-order valence-corrected chi connectivity index (χ2v) is 21.3. The predicted octanol–water partition coefficient (Wildman–Crippen LogP) is 6.15. The Hall–Kier alpha value is -4.01. The van der Waals surface area contributed by atoms with Gasteiger partial charge >= 0.3 is 23.9 Å². The Morgan fingerprint density at radius 2 is 1.66 bits per heavy atom. The summed E-state index contributed by atoms with van der Waals surface area (Å²) in [4.78, 5) is 99.7. The Labute approximate surface area is 427 Å². The summed E-state index contributed by atoms with van der Waals surface area (Å²) in [5.74, 6) is -11.2. The van der Waals surface area contributed by atoms with Crippen molar-refractivity contribution < 1.29 is 72.2 Å². The molecule has 19 heteroatoms. The van der Waals surface area contributed by atoms with Gasteiger partial charge in [-0.1, -0.05) is 67.4 Å². The minimum absolute atomic E-state index is 0.00929. The lowest BCUT2D eigenvalue weighted by molar-refractivity contribution is -0.308. The fourth-order valence-electron chi connectivity index (χ4n) is 10.6. The Morgan fingerprint density at radius 1 is 0.986 bits per heavy atom. The quantitative estimate of drug-likeness (QED) is 0.0661. The fraction of sp³-hybridized carbons (Fsp3) is 0.750. The smallest absolute Gasteiger partial charge is 0.331 e. The lowest BCUT2D eigenvalue weighted by atomic mass is 9.81. The van der Waals surface area contributed by atoms with Gasteiger partial charge < -0.3 is 54.2 Å². The molecule has 0 aromatic carbocycles. The number of allylic oxidation sites excluding steroid dienone is 3. The highest BCUT2D eigenvalue weighted by molar-refractivity contribution is 9.09. The van der Waals surface area contributed by atoms with E-state index in [9.17, 15) is 34.2 Å². The predicted molar refractivity (Wildman–Crippen MR) is 266 cm³/mol. The number of hydrogen-bond acceptors (Lipinski definition) is 14. The van der Waals surface area contributed by atoms with Crippen molar-refractivity contribution in [2.24, 2.45) is 29.6 Å². The van der Waals surface area contributed by atoms with Crippen molar-refractivity contribution in [3.63, 3.8) is 0 Å². The molecule has 3 heterocycles. The Balaban J connectivity index is 1.89. The van der Waals surface area contributed by atoms with Crippen LogP contribution >= 0.6 is 15.9 Å². The molecule has 2 bridgehead atoms. The number of hydrogen-bond donors (Lipinski definition) is 4. The van der Waals surface area contributed by atoms with E-state index >= 15 is 9.59 Å². The second kappa shape index (κ2) is 27.9. The zero-order valence-electron chi connectivity index (χ0n) is 43.2. The molecule has 4 N–H and O–H groups in total. The average Bonchev–Trinajstić information content (AvgIpc) is 3.34. The molecule has 0 aromatic heterocycles. The molecule has 3 fully saturated rings. The van der Waals surface area contributed by atoms with Crippen molar-refractivity contribution in [1.82, 2.24) is 15.5 Å². The standard InChI is InChI=1S/C52H80BrN3O15/c1-11-20-54-51(65)55-37(18-19-44(59)60)49(63)71-52-32(6)26-43(68-10)46(70-52)42(67-9)24-30(4)22-29(3)23-35(12-2)40(58)28-39(57)33(7)45(31(5)25-34-16-17-36(53)41(27-34)66-8)69-50(64)38-15-13-14-21-56(38)48(62)47(52)61/h11,23,25,30,32-39,41-43,45-46,57H,1,12-22,24,26-28H2,2-10H3,(H,59,60)(H2,54,55,65)/b29-23+,31-25+/t30-,32+,33+,34-,35+,36+,37-,38-,39-,41+,42-,43-,45+,46+,52-/m0/s1. The molecule has 0 spiro atoms. The summed E-state index contributed by atoms with van der Waals surface area (Å²) in [6.07, 6.45) is 3.79. The van der Waals surface area contributed by atoms with Gasteiger partial charge in [0.2, 0.25) is 0 Å². The van der Waals surface area contributed by atoms with Gasteiger partial charge in [-0.05, 0) is 102 Å². The minimum Gasteiger partial charge on any atom is -0.481 e. The monoisotopic (exact) mass is 1070 g/mol. The van der Waals surface area contributed by atoms with Gasteiger partial charge in [0.1, 0.15) is 30.1 Å². The number of carbonyl (C=O) groups is 7. The summed E-state index contributed by atoms with van der Waals surface area (Å²) in [6, 6.07) is -3.77. The number of urea groups is 1. The zero-order chi connectivity index (χ0) is 52.7. The van der Waals surface area contributed by atoms with Crippen molar-refractivity contribution in [2.45, 2.75) is 184 Å². The van der Waals surface area contributed by atoms with Crippen LogP contribution in [-0.4, -0.2) is 150 Å². The van der Waals surface area contributed by atoms with Gasteiger partial charge in [0.25, 0.3) is 17.5 Å². The van der Waals surface area contributed by atoms with Crippen LogP contribution < -0.4 is 10.6 Å². The van der Waals surface area contributed by atoms with Crippen LogP contribution in [0.5, 0.6) is 0 Å². The molecule has 18 nitrogen and oxygen atoms in total. The van der Waals surface area contributed by atoms with Crippen molar-refractivity contribution in [1.29, 1.82) is 0 Å². The summed E-state index contributed by atoms with van der Waals surface area (Å²) in [5.41, 5.74) is 1.56. The van der Waals surface area contributed by atoms with Crippen LogP contribution in [0.2, 0.25) is 0 Å². The van der Waals surface area contributed by atoms with E-state index in [0.29, 0.717) is 44.1 Å². The third-order valence-corrected chi connectivity index (χ3v) is 15.8. The van der Waals surface area contributed by atoms with Crippen LogP contribution in [0, 0.1) is 29.6 Å².